The largest absolute Gasteiger partial charge is 0.501 e. The van der Waals surface area contributed by atoms with Crippen molar-refractivity contribution in [2.75, 3.05) is 95.3 Å². The maximum atomic E-state index is 14.2. The maximum Gasteiger partial charge on any atom is 0.501 e. The molecule has 0 radical (unpaired) electrons. The monoisotopic (exact) mass is 1200 g/mol. The number of rotatable bonds is 21. The number of sulfone groups is 1. The number of nitrogens with one attached hydrogen (secondary N) is 3. The number of carboxylic acid groups (broad SMARTS) is 1. The second-order valence-electron chi connectivity index (χ2n) is 21.4. The number of aromatic nitrogens is 2. The van der Waals surface area contributed by atoms with E-state index in [0.29, 0.717) is 145 Å². The number of ether oxygens (including phenoxy) is 2. The Labute approximate surface area is 479 Å². The SMILES string of the molecule is CC(C)(C)OC(=O)N1CCC(CN2CCN(c3ccc(C(=O)NS(=O)(=O)c4ccc(NCCCN5CCN(C(=O)CCCCCC(=O)O)CC5)c(S(=O)(=O)C(F)(F)F)c4)c(Oc4cnc5[nH]ccc5c4)c3)CC2)=C(c2ccc(Cl)cc2)C1. The lowest BCUT2D eigenvalue weighted by atomic mass is 9.93. The third-order valence-corrected chi connectivity index (χ3v) is 17.4. The van der Waals surface area contributed by atoms with Gasteiger partial charge in [-0.2, -0.15) is 13.2 Å². The van der Waals surface area contributed by atoms with Gasteiger partial charge >= 0.3 is 17.6 Å². The number of hydrogen-bond acceptors (Lipinski definition) is 15. The number of nitrogens with zero attached hydrogens (tertiary/aromatic N) is 6. The summed E-state index contributed by atoms with van der Waals surface area (Å²) in [7, 11) is -11.2. The molecule has 3 amide bonds. The summed E-state index contributed by atoms with van der Waals surface area (Å²) in [5, 5.41) is 12.8. The van der Waals surface area contributed by atoms with Gasteiger partial charge in [0.1, 0.15) is 27.6 Å². The lowest BCUT2D eigenvalue weighted by Gasteiger charge is -2.38. The Balaban J connectivity index is 0.944. The minimum absolute atomic E-state index is 0.00161. The topological polar surface area (TPSA) is 244 Å². The van der Waals surface area contributed by atoms with Crippen LogP contribution in [0.5, 0.6) is 11.5 Å². The molecule has 0 saturated carbocycles. The molecule has 2 saturated heterocycles. The molecule has 5 heterocycles. The van der Waals surface area contributed by atoms with E-state index in [4.69, 9.17) is 26.2 Å². The van der Waals surface area contributed by atoms with Crippen molar-refractivity contribution in [1.82, 2.24) is 34.3 Å². The van der Waals surface area contributed by atoms with Crippen LogP contribution >= 0.6 is 11.6 Å². The van der Waals surface area contributed by atoms with Gasteiger partial charge < -0.3 is 39.6 Å². The number of aromatic amines is 1. The summed E-state index contributed by atoms with van der Waals surface area (Å²) in [5.41, 5.74) is -2.89. The van der Waals surface area contributed by atoms with Crippen molar-refractivity contribution in [3.8, 4) is 11.5 Å². The summed E-state index contributed by atoms with van der Waals surface area (Å²) in [6.07, 6.45) is 5.75. The van der Waals surface area contributed by atoms with E-state index in [1.54, 1.807) is 40.3 Å². The molecule has 0 spiro atoms. The second kappa shape index (κ2) is 26.1. The van der Waals surface area contributed by atoms with Crippen LogP contribution in [0.25, 0.3) is 16.6 Å². The molecule has 2 fully saturated rings. The molecule has 0 bridgehead atoms. The van der Waals surface area contributed by atoms with Crippen molar-refractivity contribution in [3.05, 3.63) is 107 Å². The van der Waals surface area contributed by atoms with Crippen LogP contribution in [0.1, 0.15) is 81.6 Å². The number of carbonyl (C=O) groups is 4. The molecule has 3 aliphatic heterocycles. The molecule has 0 atom stereocenters. The lowest BCUT2D eigenvalue weighted by Crippen LogP contribution is -2.48. The molecule has 0 aliphatic carbocycles. The summed E-state index contributed by atoms with van der Waals surface area (Å²) < 4.78 is 110. The number of amides is 3. The van der Waals surface area contributed by atoms with Gasteiger partial charge in [-0.3, -0.25) is 24.2 Å². The Morgan fingerprint density at radius 3 is 2.20 bits per heavy atom. The Hall–Kier alpha value is -6.93. The van der Waals surface area contributed by atoms with Crippen molar-refractivity contribution in [2.24, 2.45) is 0 Å². The number of carbonyl (C=O) groups excluding carboxylic acids is 3. The van der Waals surface area contributed by atoms with Crippen LogP contribution in [0.15, 0.2) is 101 Å². The van der Waals surface area contributed by atoms with E-state index in [1.807, 2.05) is 54.7 Å². The number of piperazine rings is 2. The van der Waals surface area contributed by atoms with E-state index in [-0.39, 0.29) is 42.0 Å². The molecule has 82 heavy (non-hydrogen) atoms. The highest BCUT2D eigenvalue weighted by Crippen LogP contribution is 2.37. The fourth-order valence-electron chi connectivity index (χ4n) is 9.95. The highest BCUT2D eigenvalue weighted by Gasteiger charge is 2.48. The van der Waals surface area contributed by atoms with E-state index >= 15 is 0 Å². The van der Waals surface area contributed by atoms with Crippen LogP contribution in [0, 0.1) is 0 Å². The van der Waals surface area contributed by atoms with Gasteiger partial charge in [0.15, 0.2) is 0 Å². The molecular formula is C56H67ClF3N9O11S2. The number of hydrogen-bond donors (Lipinski definition) is 4. The number of unbranched alkanes of at least 4 members (excludes halogenated alkanes) is 2. The van der Waals surface area contributed by atoms with E-state index in [1.165, 1.54) is 17.8 Å². The number of sulfonamides is 1. The predicted octanol–water partition coefficient (Wildman–Crippen LogP) is 8.62. The van der Waals surface area contributed by atoms with Gasteiger partial charge in [-0.15, -0.1) is 0 Å². The number of fused-ring (bicyclic) bond motifs is 1. The average Bonchev–Trinajstić information content (AvgIpc) is 3.01. The van der Waals surface area contributed by atoms with Crippen LogP contribution in [-0.4, -0.2) is 172 Å². The zero-order chi connectivity index (χ0) is 59.0. The minimum atomic E-state index is -6.13. The molecule has 3 aliphatic rings. The lowest BCUT2D eigenvalue weighted by molar-refractivity contribution is -0.137. The first-order valence-electron chi connectivity index (χ1n) is 27.0. The maximum absolute atomic E-state index is 14.2. The molecule has 4 N–H and O–H groups in total. The summed E-state index contributed by atoms with van der Waals surface area (Å²) >= 11 is 6.25. The Morgan fingerprint density at radius 2 is 1.50 bits per heavy atom. The van der Waals surface area contributed by atoms with Gasteiger partial charge in [0.25, 0.3) is 25.8 Å². The number of anilines is 2. The number of aliphatic carboxylic acids is 1. The Bertz CT molecular complexity index is 3400. The van der Waals surface area contributed by atoms with Crippen LogP contribution in [0.2, 0.25) is 5.02 Å². The van der Waals surface area contributed by atoms with Gasteiger partial charge in [0, 0.05) is 120 Å². The van der Waals surface area contributed by atoms with Gasteiger partial charge in [-0.1, -0.05) is 30.2 Å². The third-order valence-electron chi connectivity index (χ3n) is 14.3. The molecule has 0 unspecified atom stereocenters. The van der Waals surface area contributed by atoms with Crippen molar-refractivity contribution in [2.45, 2.75) is 86.6 Å². The van der Waals surface area contributed by atoms with E-state index < -0.39 is 58.3 Å². The number of halogens is 4. The molecule has 3 aromatic carbocycles. The Morgan fingerprint density at radius 1 is 0.793 bits per heavy atom. The van der Waals surface area contributed by atoms with E-state index in [0.717, 1.165) is 23.3 Å². The summed E-state index contributed by atoms with van der Waals surface area (Å²) in [5.74, 6) is -2.00. The van der Waals surface area contributed by atoms with Crippen molar-refractivity contribution in [1.29, 1.82) is 0 Å². The van der Waals surface area contributed by atoms with Crippen molar-refractivity contribution in [3.63, 3.8) is 0 Å². The fraction of sp³-hybridized carbons (Fsp3) is 0.446. The van der Waals surface area contributed by atoms with Crippen LogP contribution in [0.4, 0.5) is 29.3 Å². The summed E-state index contributed by atoms with van der Waals surface area (Å²) in [6.45, 7) is 11.7. The van der Waals surface area contributed by atoms with Crippen LogP contribution < -0.4 is 19.7 Å². The van der Waals surface area contributed by atoms with Gasteiger partial charge in [0.05, 0.1) is 22.3 Å². The van der Waals surface area contributed by atoms with Gasteiger partial charge in [0.2, 0.25) is 5.91 Å². The first-order chi connectivity index (χ1) is 38.8. The number of benzene rings is 3. The van der Waals surface area contributed by atoms with E-state index in [2.05, 4.69) is 25.1 Å². The highest BCUT2D eigenvalue weighted by atomic mass is 35.5. The average molecular weight is 1200 g/mol. The summed E-state index contributed by atoms with van der Waals surface area (Å²) in [6, 6.07) is 17.7. The van der Waals surface area contributed by atoms with Gasteiger partial charge in [-0.05, 0) is 124 Å². The fourth-order valence-corrected chi connectivity index (χ4v) is 12.1. The number of carboxylic acids is 1. The normalized spacial score (nSPS) is 16.1. The quantitative estimate of drug-likeness (QED) is 0.0502. The standard InChI is InChI=1S/C56H67ClF3N9O11S2/c1-55(2,3)80-54(74)69-23-19-40(46(37-69)38-10-12-41(57)13-11-38)36-66-26-28-67(29-27-66)42-14-16-45(48(33-42)79-43-32-39-18-21-62-52(39)63-35-43)53(73)64-82(77,78)44-15-17-47(49(34-44)81(75,76)56(58,59)60)61-20-7-22-65-24-30-68(31-25-65)50(70)8-5-4-6-9-51(71)72/h10-18,21,32-35,61H,4-9,19-20,22-31,36-37H2,1-3H3,(H,62,63)(H,64,73)(H,71,72). The van der Waals surface area contributed by atoms with Crippen LogP contribution in [-0.2, 0) is 34.2 Å². The number of pyridine rings is 1. The van der Waals surface area contributed by atoms with Crippen molar-refractivity contribution >= 4 is 83.3 Å². The molecule has 26 heteroatoms. The zero-order valence-corrected chi connectivity index (χ0v) is 48.2. The highest BCUT2D eigenvalue weighted by molar-refractivity contribution is 7.92. The molecular weight excluding hydrogens is 1130 g/mol. The predicted molar refractivity (Wildman–Crippen MR) is 303 cm³/mol. The number of H-pyrrole nitrogens is 1. The molecule has 20 nitrogen and oxygen atoms in total. The summed E-state index contributed by atoms with van der Waals surface area (Å²) in [4.78, 5) is 65.7. The second-order valence-corrected chi connectivity index (χ2v) is 25.4. The molecule has 5 aromatic rings. The molecule has 8 rings (SSSR count). The molecule has 442 valence electrons. The molecule has 2 aromatic heterocycles. The zero-order valence-electron chi connectivity index (χ0n) is 45.8. The third kappa shape index (κ3) is 15.8. The van der Waals surface area contributed by atoms with E-state index in [9.17, 15) is 49.2 Å². The van der Waals surface area contributed by atoms with Crippen molar-refractivity contribution < 1.29 is 63.8 Å². The minimum Gasteiger partial charge on any atom is -0.481 e. The van der Waals surface area contributed by atoms with Crippen LogP contribution in [0.3, 0.4) is 0 Å². The number of alkyl halides is 3. The van der Waals surface area contributed by atoms with Gasteiger partial charge in [-0.25, -0.2) is 31.3 Å². The first kappa shape index (κ1) is 61.1. The first-order valence-corrected chi connectivity index (χ1v) is 30.3. The Kier molecular flexibility index (Phi) is 19.5. The smallest absolute Gasteiger partial charge is 0.481 e.